The predicted molar refractivity (Wildman–Crippen MR) is 80.8 cm³/mol. The third-order valence-corrected chi connectivity index (χ3v) is 3.60. The van der Waals surface area contributed by atoms with Gasteiger partial charge in [0, 0.05) is 6.20 Å². The van der Waals surface area contributed by atoms with E-state index in [0.717, 1.165) is 5.56 Å². The van der Waals surface area contributed by atoms with Crippen LogP contribution in [0.15, 0.2) is 36.5 Å². The van der Waals surface area contributed by atoms with E-state index in [1.165, 1.54) is 5.56 Å². The van der Waals surface area contributed by atoms with E-state index in [4.69, 9.17) is 28.9 Å². The fourth-order valence-corrected chi connectivity index (χ4v) is 2.40. The number of pyridine rings is 1. The van der Waals surface area contributed by atoms with Crippen LogP contribution in [-0.2, 0) is 0 Å². The van der Waals surface area contributed by atoms with Crippen LogP contribution >= 0.6 is 23.2 Å². The lowest BCUT2D eigenvalue weighted by Gasteiger charge is -2.14. The Morgan fingerprint density at radius 2 is 1.63 bits per heavy atom. The zero-order chi connectivity index (χ0) is 14.0. The smallest absolute Gasteiger partial charge is 0.0803 e. The Morgan fingerprint density at radius 3 is 2.16 bits per heavy atom. The maximum absolute atomic E-state index is 6.20. The molecule has 100 valence electrons. The Hall–Kier alpha value is -1.09. The molecule has 2 aromatic rings. The molecule has 1 aromatic heterocycles. The molecule has 2 nitrogen and oxygen atoms in total. The van der Waals surface area contributed by atoms with Crippen LogP contribution < -0.4 is 5.73 Å². The zero-order valence-corrected chi connectivity index (χ0v) is 12.4. The van der Waals surface area contributed by atoms with Crippen molar-refractivity contribution >= 4 is 23.2 Å². The van der Waals surface area contributed by atoms with Crippen molar-refractivity contribution in [2.24, 2.45) is 5.73 Å². The summed E-state index contributed by atoms with van der Waals surface area (Å²) in [7, 11) is 0. The highest BCUT2D eigenvalue weighted by atomic mass is 35.5. The maximum atomic E-state index is 6.20. The largest absolute Gasteiger partial charge is 0.319 e. The molecular weight excluding hydrogens is 279 g/mol. The Labute approximate surface area is 123 Å². The standard InChI is InChI=1S/C15H16Cl2N2/c1-9(2)10-3-5-11(6-4-10)14(18)15-13(17)7-12(16)8-19-15/h3-9,14H,18H2,1-2H3. The minimum atomic E-state index is -0.342. The quantitative estimate of drug-likeness (QED) is 0.901. The molecule has 1 heterocycles. The van der Waals surface area contributed by atoms with Crippen molar-refractivity contribution in [1.29, 1.82) is 0 Å². The van der Waals surface area contributed by atoms with Crippen molar-refractivity contribution in [2.45, 2.75) is 25.8 Å². The number of nitrogens with zero attached hydrogens (tertiary/aromatic N) is 1. The van der Waals surface area contributed by atoms with Crippen LogP contribution in [0.4, 0.5) is 0 Å². The first-order valence-electron chi connectivity index (χ1n) is 6.15. The van der Waals surface area contributed by atoms with Gasteiger partial charge in [-0.1, -0.05) is 61.3 Å². The summed E-state index contributed by atoms with van der Waals surface area (Å²) in [6, 6.07) is 9.53. The average molecular weight is 295 g/mol. The van der Waals surface area contributed by atoms with Crippen LogP contribution in [0.25, 0.3) is 0 Å². The molecule has 4 heteroatoms. The second kappa shape index (κ2) is 5.91. The summed E-state index contributed by atoms with van der Waals surface area (Å²) in [4.78, 5) is 4.22. The van der Waals surface area contributed by atoms with E-state index in [-0.39, 0.29) is 6.04 Å². The molecule has 1 atom stereocenters. The van der Waals surface area contributed by atoms with Crippen molar-refractivity contribution in [3.63, 3.8) is 0 Å². The van der Waals surface area contributed by atoms with E-state index in [1.54, 1.807) is 12.3 Å². The summed E-state index contributed by atoms with van der Waals surface area (Å²) in [5, 5.41) is 1.00. The first-order chi connectivity index (χ1) is 8.99. The fourth-order valence-electron chi connectivity index (χ4n) is 1.90. The number of nitrogens with two attached hydrogens (primary N) is 1. The van der Waals surface area contributed by atoms with E-state index in [0.29, 0.717) is 21.7 Å². The highest BCUT2D eigenvalue weighted by Gasteiger charge is 2.14. The van der Waals surface area contributed by atoms with Crippen molar-refractivity contribution in [1.82, 2.24) is 4.98 Å². The summed E-state index contributed by atoms with van der Waals surface area (Å²) < 4.78 is 0. The molecule has 2 rings (SSSR count). The first kappa shape index (κ1) is 14.3. The van der Waals surface area contributed by atoms with Gasteiger partial charge >= 0.3 is 0 Å². The highest BCUT2D eigenvalue weighted by molar-refractivity contribution is 6.34. The van der Waals surface area contributed by atoms with Gasteiger partial charge in [0.1, 0.15) is 0 Å². The third-order valence-electron chi connectivity index (χ3n) is 3.09. The second-order valence-corrected chi connectivity index (χ2v) is 5.66. The van der Waals surface area contributed by atoms with Gasteiger partial charge in [-0.25, -0.2) is 0 Å². The van der Waals surface area contributed by atoms with Crippen molar-refractivity contribution < 1.29 is 0 Å². The summed E-state index contributed by atoms with van der Waals surface area (Å²) in [6.45, 7) is 4.32. The third kappa shape index (κ3) is 3.27. The summed E-state index contributed by atoms with van der Waals surface area (Å²) in [5.41, 5.74) is 9.12. The number of hydrogen-bond acceptors (Lipinski definition) is 2. The summed E-state index contributed by atoms with van der Waals surface area (Å²) >= 11 is 12.0. The van der Waals surface area contributed by atoms with E-state index in [2.05, 4.69) is 31.0 Å². The van der Waals surface area contributed by atoms with Crippen molar-refractivity contribution in [2.75, 3.05) is 0 Å². The highest BCUT2D eigenvalue weighted by Crippen LogP contribution is 2.27. The molecule has 0 saturated heterocycles. The molecule has 0 fully saturated rings. The van der Waals surface area contributed by atoms with E-state index in [1.807, 2.05) is 12.1 Å². The lowest BCUT2D eigenvalue weighted by atomic mass is 9.98. The van der Waals surface area contributed by atoms with Crippen LogP contribution in [-0.4, -0.2) is 4.98 Å². The van der Waals surface area contributed by atoms with E-state index < -0.39 is 0 Å². The molecule has 0 aliphatic heterocycles. The fraction of sp³-hybridized carbons (Fsp3) is 0.267. The molecule has 0 radical (unpaired) electrons. The van der Waals surface area contributed by atoms with Gasteiger partial charge in [0.2, 0.25) is 0 Å². The number of rotatable bonds is 3. The monoisotopic (exact) mass is 294 g/mol. The van der Waals surface area contributed by atoms with Crippen molar-refractivity contribution in [3.05, 3.63) is 63.4 Å². The van der Waals surface area contributed by atoms with E-state index in [9.17, 15) is 0 Å². The number of halogens is 2. The van der Waals surface area contributed by atoms with Gasteiger partial charge < -0.3 is 5.73 Å². The average Bonchev–Trinajstić information content (AvgIpc) is 2.38. The van der Waals surface area contributed by atoms with E-state index >= 15 is 0 Å². The number of hydrogen-bond donors (Lipinski definition) is 1. The Kier molecular flexibility index (Phi) is 4.46. The maximum Gasteiger partial charge on any atom is 0.0803 e. The minimum absolute atomic E-state index is 0.342. The van der Waals surface area contributed by atoms with Gasteiger partial charge in [-0.2, -0.15) is 0 Å². The SMILES string of the molecule is CC(C)c1ccc(C(N)c2ncc(Cl)cc2Cl)cc1. The molecule has 0 spiro atoms. The molecule has 0 amide bonds. The Balaban J connectivity index is 2.30. The molecule has 19 heavy (non-hydrogen) atoms. The molecule has 0 aliphatic carbocycles. The lowest BCUT2D eigenvalue weighted by molar-refractivity contribution is 0.821. The Bertz CT molecular complexity index is 565. The molecule has 0 aliphatic rings. The van der Waals surface area contributed by atoms with Crippen LogP contribution in [0.2, 0.25) is 10.0 Å². The first-order valence-corrected chi connectivity index (χ1v) is 6.91. The van der Waals surface area contributed by atoms with Crippen LogP contribution in [0.1, 0.15) is 42.6 Å². The van der Waals surface area contributed by atoms with Gasteiger partial charge in [0.25, 0.3) is 0 Å². The zero-order valence-electron chi connectivity index (χ0n) is 10.9. The number of aromatic nitrogens is 1. The molecule has 0 saturated carbocycles. The van der Waals surface area contributed by atoms with Crippen molar-refractivity contribution in [3.8, 4) is 0 Å². The summed E-state index contributed by atoms with van der Waals surface area (Å²) in [6.07, 6.45) is 1.56. The van der Waals surface area contributed by atoms with Gasteiger partial charge in [-0.3, -0.25) is 4.98 Å². The van der Waals surface area contributed by atoms with Gasteiger partial charge in [0.05, 0.1) is 21.8 Å². The van der Waals surface area contributed by atoms with Crippen LogP contribution in [0.3, 0.4) is 0 Å². The summed E-state index contributed by atoms with van der Waals surface area (Å²) in [5.74, 6) is 0.502. The second-order valence-electron chi connectivity index (χ2n) is 4.82. The van der Waals surface area contributed by atoms with Crippen LogP contribution in [0.5, 0.6) is 0 Å². The van der Waals surface area contributed by atoms with Crippen LogP contribution in [0, 0.1) is 0 Å². The molecule has 1 aromatic carbocycles. The number of benzene rings is 1. The Morgan fingerprint density at radius 1 is 1.05 bits per heavy atom. The molecule has 2 N–H and O–H groups in total. The minimum Gasteiger partial charge on any atom is -0.319 e. The topological polar surface area (TPSA) is 38.9 Å². The molecule has 1 unspecified atom stereocenters. The van der Waals surface area contributed by atoms with Gasteiger partial charge in [0.15, 0.2) is 0 Å². The predicted octanol–water partition coefficient (Wildman–Crippen LogP) is 4.56. The lowest BCUT2D eigenvalue weighted by Crippen LogP contribution is -2.14. The normalized spacial score (nSPS) is 12.7. The molecule has 0 bridgehead atoms. The van der Waals surface area contributed by atoms with Gasteiger partial charge in [-0.05, 0) is 23.1 Å². The molecular formula is C15H16Cl2N2. The van der Waals surface area contributed by atoms with Gasteiger partial charge in [-0.15, -0.1) is 0 Å².